The molecule has 0 saturated carbocycles. The number of rotatable bonds is 2. The lowest BCUT2D eigenvalue weighted by Gasteiger charge is -2.10. The molecule has 2 aromatic carbocycles. The third-order valence-electron chi connectivity index (χ3n) is 2.43. The first kappa shape index (κ1) is 14.6. The van der Waals surface area contributed by atoms with Crippen LogP contribution in [0.4, 0.5) is 20.2 Å². The highest BCUT2D eigenvalue weighted by atomic mass is 35.5. The van der Waals surface area contributed by atoms with Gasteiger partial charge in [0.25, 0.3) is 5.91 Å². The van der Waals surface area contributed by atoms with E-state index in [1.807, 2.05) is 0 Å². The average molecular weight is 317 g/mol. The van der Waals surface area contributed by atoms with Crippen LogP contribution in [0.2, 0.25) is 10.0 Å². The number of anilines is 2. The van der Waals surface area contributed by atoms with Gasteiger partial charge >= 0.3 is 0 Å². The summed E-state index contributed by atoms with van der Waals surface area (Å²) in [6, 6.07) is 5.39. The van der Waals surface area contributed by atoms with Crippen molar-refractivity contribution in [2.75, 3.05) is 11.1 Å². The molecule has 0 bridgehead atoms. The molecule has 0 fully saturated rings. The van der Waals surface area contributed by atoms with E-state index >= 15 is 0 Å². The fourth-order valence-electron chi connectivity index (χ4n) is 1.59. The van der Waals surface area contributed by atoms with Crippen molar-refractivity contribution in [2.45, 2.75) is 0 Å². The Morgan fingerprint density at radius 1 is 1.00 bits per heavy atom. The first-order valence-corrected chi connectivity index (χ1v) is 6.14. The lowest BCUT2D eigenvalue weighted by molar-refractivity contribution is 0.102. The largest absolute Gasteiger partial charge is 0.399 e. The quantitative estimate of drug-likeness (QED) is 0.819. The summed E-state index contributed by atoms with van der Waals surface area (Å²) in [5, 5.41) is 2.26. The van der Waals surface area contributed by atoms with E-state index in [0.717, 1.165) is 24.3 Å². The van der Waals surface area contributed by atoms with Crippen molar-refractivity contribution >= 4 is 40.5 Å². The van der Waals surface area contributed by atoms with Gasteiger partial charge in [-0.05, 0) is 30.3 Å². The number of amides is 1. The summed E-state index contributed by atoms with van der Waals surface area (Å²) in [4.78, 5) is 12.0. The molecule has 0 aliphatic carbocycles. The van der Waals surface area contributed by atoms with Crippen LogP contribution in [0.15, 0.2) is 30.3 Å². The molecular formula is C13H8Cl2F2N2O. The molecule has 0 heterocycles. The van der Waals surface area contributed by atoms with E-state index in [-0.39, 0.29) is 27.0 Å². The topological polar surface area (TPSA) is 55.1 Å². The minimum Gasteiger partial charge on any atom is -0.399 e. The van der Waals surface area contributed by atoms with Gasteiger partial charge in [0.2, 0.25) is 0 Å². The zero-order chi connectivity index (χ0) is 14.9. The van der Waals surface area contributed by atoms with E-state index in [4.69, 9.17) is 28.9 Å². The summed E-state index contributed by atoms with van der Waals surface area (Å²) >= 11 is 11.6. The van der Waals surface area contributed by atoms with E-state index in [9.17, 15) is 13.6 Å². The third-order valence-corrected chi connectivity index (χ3v) is 3.02. The Labute approximate surface area is 123 Å². The van der Waals surface area contributed by atoms with Crippen molar-refractivity contribution in [1.82, 2.24) is 0 Å². The first-order valence-electron chi connectivity index (χ1n) is 5.39. The number of nitrogen functional groups attached to an aromatic ring is 1. The second-order valence-corrected chi connectivity index (χ2v) is 4.79. The van der Waals surface area contributed by atoms with Gasteiger partial charge in [-0.25, -0.2) is 8.78 Å². The van der Waals surface area contributed by atoms with Gasteiger partial charge < -0.3 is 11.1 Å². The molecule has 0 aliphatic heterocycles. The summed E-state index contributed by atoms with van der Waals surface area (Å²) in [6.07, 6.45) is 0. The van der Waals surface area contributed by atoms with Crippen molar-refractivity contribution in [3.05, 3.63) is 57.6 Å². The molecule has 20 heavy (non-hydrogen) atoms. The molecule has 0 aromatic heterocycles. The Hall–Kier alpha value is -1.85. The zero-order valence-corrected chi connectivity index (χ0v) is 11.4. The average Bonchev–Trinajstić information content (AvgIpc) is 2.32. The number of nitrogens with two attached hydrogens (primary N) is 1. The van der Waals surface area contributed by atoms with Crippen molar-refractivity contribution in [1.29, 1.82) is 0 Å². The smallest absolute Gasteiger partial charge is 0.255 e. The number of halogens is 4. The lowest BCUT2D eigenvalue weighted by Crippen LogP contribution is -2.13. The molecule has 2 aromatic rings. The highest BCUT2D eigenvalue weighted by Gasteiger charge is 2.14. The number of hydrogen-bond donors (Lipinski definition) is 2. The maximum Gasteiger partial charge on any atom is 0.255 e. The second-order valence-electron chi connectivity index (χ2n) is 3.97. The summed E-state index contributed by atoms with van der Waals surface area (Å²) in [7, 11) is 0. The van der Waals surface area contributed by atoms with E-state index in [2.05, 4.69) is 5.32 Å². The monoisotopic (exact) mass is 316 g/mol. The molecule has 0 spiro atoms. The van der Waals surface area contributed by atoms with Crippen LogP contribution in [0.3, 0.4) is 0 Å². The van der Waals surface area contributed by atoms with Crippen molar-refractivity contribution in [2.24, 2.45) is 0 Å². The first-order chi connectivity index (χ1) is 9.36. The Balaban J connectivity index is 2.32. The molecule has 0 saturated heterocycles. The van der Waals surface area contributed by atoms with Crippen LogP contribution in [0.5, 0.6) is 0 Å². The number of benzene rings is 2. The molecule has 0 aliphatic rings. The standard InChI is InChI=1S/C13H8Cl2F2N2O/c14-10-4-8(17)5-11(15)12(10)19-13(20)6-1-7(16)3-9(18)2-6/h1-5H,18H2,(H,19,20). The normalized spacial score (nSPS) is 10.4. The minimum atomic E-state index is -0.661. The van der Waals surface area contributed by atoms with E-state index in [1.54, 1.807) is 0 Å². The van der Waals surface area contributed by atoms with Crippen LogP contribution in [-0.4, -0.2) is 5.91 Å². The Bertz CT molecular complexity index is 649. The van der Waals surface area contributed by atoms with Crippen LogP contribution in [-0.2, 0) is 0 Å². The van der Waals surface area contributed by atoms with Gasteiger partial charge in [-0.2, -0.15) is 0 Å². The van der Waals surface area contributed by atoms with Gasteiger partial charge in [0, 0.05) is 11.3 Å². The van der Waals surface area contributed by atoms with Gasteiger partial charge in [0.15, 0.2) is 0 Å². The SMILES string of the molecule is Nc1cc(F)cc(C(=O)Nc2c(Cl)cc(F)cc2Cl)c1. The molecule has 3 nitrogen and oxygen atoms in total. The summed E-state index contributed by atoms with van der Waals surface area (Å²) < 4.78 is 26.2. The van der Waals surface area contributed by atoms with Gasteiger partial charge in [0.1, 0.15) is 11.6 Å². The maximum absolute atomic E-state index is 13.2. The van der Waals surface area contributed by atoms with Crippen LogP contribution in [0.1, 0.15) is 10.4 Å². The van der Waals surface area contributed by atoms with Crippen LogP contribution < -0.4 is 11.1 Å². The number of nitrogens with one attached hydrogen (secondary N) is 1. The zero-order valence-electron chi connectivity index (χ0n) is 9.88. The van der Waals surface area contributed by atoms with Crippen LogP contribution in [0.25, 0.3) is 0 Å². The highest BCUT2D eigenvalue weighted by Crippen LogP contribution is 2.31. The third kappa shape index (κ3) is 3.18. The second kappa shape index (κ2) is 5.64. The molecule has 0 atom stereocenters. The van der Waals surface area contributed by atoms with Gasteiger partial charge in [0.05, 0.1) is 15.7 Å². The molecule has 1 amide bonds. The molecule has 0 radical (unpaired) electrons. The van der Waals surface area contributed by atoms with Crippen LogP contribution in [0, 0.1) is 11.6 Å². The van der Waals surface area contributed by atoms with Gasteiger partial charge in [-0.1, -0.05) is 23.2 Å². The maximum atomic E-state index is 13.2. The van der Waals surface area contributed by atoms with Crippen molar-refractivity contribution in [3.63, 3.8) is 0 Å². The lowest BCUT2D eigenvalue weighted by atomic mass is 10.1. The van der Waals surface area contributed by atoms with Crippen molar-refractivity contribution in [3.8, 4) is 0 Å². The number of carbonyl (C=O) groups is 1. The summed E-state index contributed by atoms with van der Waals surface area (Å²) in [5.74, 6) is -1.94. The van der Waals surface area contributed by atoms with Gasteiger partial charge in [-0.3, -0.25) is 4.79 Å². The van der Waals surface area contributed by atoms with E-state index in [1.165, 1.54) is 6.07 Å². The highest BCUT2D eigenvalue weighted by molar-refractivity contribution is 6.40. The Kier molecular flexibility index (Phi) is 4.11. The van der Waals surface area contributed by atoms with E-state index in [0.29, 0.717) is 0 Å². The fourth-order valence-corrected chi connectivity index (χ4v) is 2.15. The predicted molar refractivity (Wildman–Crippen MR) is 75.2 cm³/mol. The predicted octanol–water partition coefficient (Wildman–Crippen LogP) is 4.11. The van der Waals surface area contributed by atoms with Gasteiger partial charge in [-0.15, -0.1) is 0 Å². The number of hydrogen-bond acceptors (Lipinski definition) is 2. The Morgan fingerprint density at radius 2 is 1.55 bits per heavy atom. The molecule has 104 valence electrons. The summed E-state index contributed by atoms with van der Waals surface area (Å²) in [5.41, 5.74) is 5.59. The molecule has 3 N–H and O–H groups in total. The molecule has 2 rings (SSSR count). The molecule has 7 heteroatoms. The fraction of sp³-hybridized carbons (Fsp3) is 0. The summed E-state index contributed by atoms with van der Waals surface area (Å²) in [6.45, 7) is 0. The molecular weight excluding hydrogens is 309 g/mol. The van der Waals surface area contributed by atoms with E-state index < -0.39 is 17.5 Å². The van der Waals surface area contributed by atoms with Crippen LogP contribution >= 0.6 is 23.2 Å². The molecule has 0 unspecified atom stereocenters. The Morgan fingerprint density at radius 3 is 2.10 bits per heavy atom. The minimum absolute atomic E-state index is 0.000965. The number of carbonyl (C=O) groups excluding carboxylic acids is 1. The van der Waals surface area contributed by atoms with Crippen molar-refractivity contribution < 1.29 is 13.6 Å².